The quantitative estimate of drug-likeness (QED) is 0.384. The third-order valence-electron chi connectivity index (χ3n) is 5.46. The second-order valence-electron chi connectivity index (χ2n) is 7.68. The molecule has 3 aromatic rings. The number of nitrogens with one attached hydrogen (secondary N) is 2. The Labute approximate surface area is 195 Å². The highest BCUT2D eigenvalue weighted by Crippen LogP contribution is 2.38. The molecule has 1 aliphatic rings. The van der Waals surface area contributed by atoms with Crippen LogP contribution in [0.25, 0.3) is 16.9 Å². The van der Waals surface area contributed by atoms with Crippen molar-refractivity contribution >= 4 is 39.3 Å². The first-order valence-corrected chi connectivity index (χ1v) is 11.9. The summed E-state index contributed by atoms with van der Waals surface area (Å²) in [6, 6.07) is 10.7. The van der Waals surface area contributed by atoms with Crippen LogP contribution in [0.15, 0.2) is 47.4 Å². The number of aromatic nitrogens is 2. The number of aryl methyl sites for hydroxylation is 1. The number of nitrogens with two attached hydrogens (primary N) is 2. The molecule has 6 N–H and O–H groups in total. The molecule has 0 spiro atoms. The maximum Gasteiger partial charge on any atom is 0.269 e. The van der Waals surface area contributed by atoms with Crippen LogP contribution in [-0.4, -0.2) is 36.1 Å². The van der Waals surface area contributed by atoms with Crippen LogP contribution in [0.4, 0.5) is 5.69 Å². The van der Waals surface area contributed by atoms with Crippen molar-refractivity contribution in [2.24, 2.45) is 10.9 Å². The molecule has 1 aromatic heterocycles. The fraction of sp³-hybridized carbons (Fsp3) is 0.190. The lowest BCUT2D eigenvalue weighted by molar-refractivity contribution is -0.117. The number of primary amides is 1. The average molecular weight is 489 g/mol. The van der Waals surface area contributed by atoms with E-state index in [1.54, 1.807) is 35.9 Å². The third kappa shape index (κ3) is 4.35. The lowest BCUT2D eigenvalue weighted by Gasteiger charge is -2.20. The number of benzene rings is 2. The lowest BCUT2D eigenvalue weighted by atomic mass is 9.88. The maximum absolute atomic E-state index is 12.3. The van der Waals surface area contributed by atoms with Gasteiger partial charge in [-0.25, -0.2) is 23.1 Å². The Bertz CT molecular complexity index is 1370. The van der Waals surface area contributed by atoms with Gasteiger partial charge >= 0.3 is 0 Å². The molecule has 0 aliphatic heterocycles. The first kappa shape index (κ1) is 22.9. The van der Waals surface area contributed by atoms with Crippen LogP contribution < -0.4 is 21.0 Å². The molecule has 1 aliphatic carbocycles. The monoisotopic (exact) mass is 488 g/mol. The minimum atomic E-state index is -3.86. The summed E-state index contributed by atoms with van der Waals surface area (Å²) in [5.74, 6) is -0.980. The number of amides is 2. The smallest absolute Gasteiger partial charge is 0.269 e. The standard InChI is InChI=1S/C21H21ClN6O4S/c1-11(26-22)21(30)25-13-4-2-12-3-9-16-18(20(23)29)27-28(19(16)17(12)10-13)14-5-7-15(8-6-14)33(24,31)32/h2,4-8,10-11,26H,3,9H2,1H3,(H2,23,29)(H,25,30)(H2,24,31,32)/t11-/m1/s1. The molecule has 0 radical (unpaired) electrons. The molecule has 2 amide bonds. The van der Waals surface area contributed by atoms with E-state index in [0.717, 1.165) is 11.1 Å². The molecule has 0 saturated heterocycles. The van der Waals surface area contributed by atoms with E-state index in [1.807, 2.05) is 6.07 Å². The van der Waals surface area contributed by atoms with Crippen molar-refractivity contribution in [1.29, 1.82) is 0 Å². The molecule has 0 saturated carbocycles. The van der Waals surface area contributed by atoms with Gasteiger partial charge in [-0.1, -0.05) is 6.07 Å². The molecule has 1 heterocycles. The van der Waals surface area contributed by atoms with Crippen LogP contribution >= 0.6 is 11.8 Å². The van der Waals surface area contributed by atoms with Crippen LogP contribution in [0.2, 0.25) is 0 Å². The highest BCUT2D eigenvalue weighted by Gasteiger charge is 2.28. The van der Waals surface area contributed by atoms with Crippen molar-refractivity contribution < 1.29 is 18.0 Å². The molecule has 0 unspecified atom stereocenters. The Balaban J connectivity index is 1.85. The van der Waals surface area contributed by atoms with Crippen LogP contribution in [0.1, 0.15) is 28.5 Å². The molecule has 4 rings (SSSR count). The molecule has 12 heteroatoms. The fourth-order valence-electron chi connectivity index (χ4n) is 3.78. The number of anilines is 1. The van der Waals surface area contributed by atoms with Crippen molar-refractivity contribution in [3.8, 4) is 16.9 Å². The normalized spacial score (nSPS) is 13.7. The lowest BCUT2D eigenvalue weighted by Crippen LogP contribution is -2.32. The van der Waals surface area contributed by atoms with E-state index in [9.17, 15) is 18.0 Å². The van der Waals surface area contributed by atoms with Crippen LogP contribution in [0, 0.1) is 0 Å². The Morgan fingerprint density at radius 1 is 1.15 bits per heavy atom. The summed E-state index contributed by atoms with van der Waals surface area (Å²) in [6.45, 7) is 1.62. The number of carbonyl (C=O) groups is 2. The third-order valence-corrected chi connectivity index (χ3v) is 6.72. The zero-order valence-electron chi connectivity index (χ0n) is 17.5. The molecule has 172 valence electrons. The number of hydrogen-bond acceptors (Lipinski definition) is 6. The van der Waals surface area contributed by atoms with E-state index in [4.69, 9.17) is 22.6 Å². The Morgan fingerprint density at radius 3 is 2.45 bits per heavy atom. The number of primary sulfonamides is 1. The predicted molar refractivity (Wildman–Crippen MR) is 123 cm³/mol. The van der Waals surface area contributed by atoms with E-state index in [0.29, 0.717) is 35.5 Å². The van der Waals surface area contributed by atoms with Gasteiger partial charge in [-0.2, -0.15) is 5.10 Å². The number of sulfonamides is 1. The minimum Gasteiger partial charge on any atom is -0.364 e. The van der Waals surface area contributed by atoms with Crippen LogP contribution in [0.3, 0.4) is 0 Å². The van der Waals surface area contributed by atoms with Gasteiger partial charge in [0.25, 0.3) is 5.91 Å². The zero-order valence-corrected chi connectivity index (χ0v) is 19.1. The van der Waals surface area contributed by atoms with Crippen molar-refractivity contribution in [3.63, 3.8) is 0 Å². The topological polar surface area (TPSA) is 162 Å². The summed E-state index contributed by atoms with van der Waals surface area (Å²) in [5.41, 5.74) is 9.90. The summed E-state index contributed by atoms with van der Waals surface area (Å²) in [6.07, 6.45) is 1.21. The van der Waals surface area contributed by atoms with Gasteiger partial charge in [0.1, 0.15) is 0 Å². The maximum atomic E-state index is 12.3. The van der Waals surface area contributed by atoms with Crippen LogP contribution in [-0.2, 0) is 27.7 Å². The van der Waals surface area contributed by atoms with Crippen molar-refractivity contribution in [3.05, 3.63) is 59.3 Å². The molecular weight excluding hydrogens is 468 g/mol. The van der Waals surface area contributed by atoms with Crippen LogP contribution in [0.5, 0.6) is 0 Å². The van der Waals surface area contributed by atoms with E-state index in [1.165, 1.54) is 12.1 Å². The van der Waals surface area contributed by atoms with Crippen molar-refractivity contribution in [1.82, 2.24) is 14.6 Å². The molecule has 2 aromatic carbocycles. The molecule has 10 nitrogen and oxygen atoms in total. The van der Waals surface area contributed by atoms with Gasteiger partial charge in [0.05, 0.1) is 22.3 Å². The molecule has 33 heavy (non-hydrogen) atoms. The highest BCUT2D eigenvalue weighted by molar-refractivity contribution is 7.89. The molecule has 1 atom stereocenters. The van der Waals surface area contributed by atoms with Crippen molar-refractivity contribution in [2.75, 3.05) is 5.32 Å². The van der Waals surface area contributed by atoms with E-state index in [-0.39, 0.29) is 16.5 Å². The van der Waals surface area contributed by atoms with Gasteiger partial charge in [0.15, 0.2) is 5.69 Å². The number of carbonyl (C=O) groups excluding carboxylic acids is 2. The van der Waals surface area contributed by atoms with Gasteiger partial charge in [-0.15, -0.1) is 0 Å². The highest BCUT2D eigenvalue weighted by atomic mass is 35.5. The second-order valence-corrected chi connectivity index (χ2v) is 9.46. The Hall–Kier alpha value is -3.25. The first-order chi connectivity index (χ1) is 15.6. The zero-order chi connectivity index (χ0) is 23.9. The fourth-order valence-corrected chi connectivity index (χ4v) is 4.39. The Morgan fingerprint density at radius 2 is 1.85 bits per heavy atom. The van der Waals surface area contributed by atoms with Crippen molar-refractivity contribution in [2.45, 2.75) is 30.7 Å². The summed E-state index contributed by atoms with van der Waals surface area (Å²) in [4.78, 5) is 26.7. The summed E-state index contributed by atoms with van der Waals surface area (Å²) in [5, 5.41) is 12.4. The second kappa shape index (κ2) is 8.60. The van der Waals surface area contributed by atoms with Gasteiger partial charge in [-0.3, -0.25) is 9.59 Å². The minimum absolute atomic E-state index is 0.0465. The van der Waals surface area contributed by atoms with E-state index < -0.39 is 22.0 Å². The number of halogens is 1. The first-order valence-electron chi connectivity index (χ1n) is 9.95. The van der Waals surface area contributed by atoms with Gasteiger partial charge in [0.2, 0.25) is 15.9 Å². The number of nitrogens with zero attached hydrogens (tertiary/aromatic N) is 2. The van der Waals surface area contributed by atoms with Gasteiger partial charge < -0.3 is 11.1 Å². The molecular formula is C21H21ClN6O4S. The summed E-state index contributed by atoms with van der Waals surface area (Å²) in [7, 11) is -3.86. The summed E-state index contributed by atoms with van der Waals surface area (Å²) < 4.78 is 24.8. The predicted octanol–water partition coefficient (Wildman–Crippen LogP) is 1.45. The van der Waals surface area contributed by atoms with E-state index >= 15 is 0 Å². The van der Waals surface area contributed by atoms with Gasteiger partial charge in [0, 0.05) is 16.8 Å². The number of hydrogen-bond donors (Lipinski definition) is 4. The van der Waals surface area contributed by atoms with E-state index in [2.05, 4.69) is 15.3 Å². The van der Waals surface area contributed by atoms with Gasteiger partial charge in [-0.05, 0) is 73.5 Å². The average Bonchev–Trinajstić information content (AvgIpc) is 3.18. The SMILES string of the molecule is C[C@@H](NCl)C(=O)Nc1ccc2c(c1)-c1c(c(C(N)=O)nn1-c1ccc(S(N)(=O)=O)cc1)CC2. The largest absolute Gasteiger partial charge is 0.364 e. The number of rotatable bonds is 6. The summed E-state index contributed by atoms with van der Waals surface area (Å²) >= 11 is 5.54. The molecule has 0 fully saturated rings. The molecule has 0 bridgehead atoms. The number of fused-ring (bicyclic) bond motifs is 3. The Kier molecular flexibility index (Phi) is 5.97.